The minimum Gasteiger partial charge on any atom is -0.321 e. The molecule has 1 aliphatic rings. The molecule has 0 unspecified atom stereocenters. The lowest BCUT2D eigenvalue weighted by atomic mass is 10.0. The molecule has 27 heavy (non-hydrogen) atoms. The smallest absolute Gasteiger partial charge is 0.256 e. The van der Waals surface area contributed by atoms with Crippen LogP contribution in [-0.4, -0.2) is 15.3 Å². The Labute approximate surface area is 154 Å². The fourth-order valence-corrected chi connectivity index (χ4v) is 3.40. The summed E-state index contributed by atoms with van der Waals surface area (Å²) in [5.41, 5.74) is 4.87. The van der Waals surface area contributed by atoms with E-state index in [9.17, 15) is 9.18 Å². The maximum atomic E-state index is 13.8. The van der Waals surface area contributed by atoms with Crippen LogP contribution in [0.1, 0.15) is 11.3 Å². The summed E-state index contributed by atoms with van der Waals surface area (Å²) < 4.78 is 15.7. The van der Waals surface area contributed by atoms with Crippen molar-refractivity contribution in [1.29, 1.82) is 0 Å². The van der Waals surface area contributed by atoms with Crippen LogP contribution in [0.25, 0.3) is 28.6 Å². The highest BCUT2D eigenvalue weighted by Crippen LogP contribution is 2.35. The van der Waals surface area contributed by atoms with E-state index in [2.05, 4.69) is 5.32 Å². The van der Waals surface area contributed by atoms with E-state index in [-0.39, 0.29) is 11.7 Å². The zero-order valence-electron chi connectivity index (χ0n) is 14.2. The second-order valence-electron chi connectivity index (χ2n) is 6.34. The standard InChI is InChI=1S/C22H14FN3O/c23-15-9-10-18-16(12-15)17(22(27)24-18)13-19-21(14-6-2-1-3-7-14)25-20-8-4-5-11-26(19)20/h1-13H,(H,24,27)/b17-13+. The van der Waals surface area contributed by atoms with E-state index in [1.165, 1.54) is 12.1 Å². The third-order valence-electron chi connectivity index (χ3n) is 4.66. The van der Waals surface area contributed by atoms with Crippen LogP contribution in [0.15, 0.2) is 72.9 Å². The molecule has 5 heteroatoms. The number of carbonyl (C=O) groups is 1. The van der Waals surface area contributed by atoms with E-state index in [1.807, 2.05) is 59.1 Å². The number of nitrogens with zero attached hydrogens (tertiary/aromatic N) is 2. The molecular formula is C22H14FN3O. The molecule has 0 saturated heterocycles. The van der Waals surface area contributed by atoms with Gasteiger partial charge < -0.3 is 5.32 Å². The molecule has 4 aromatic rings. The average molecular weight is 355 g/mol. The molecular weight excluding hydrogens is 341 g/mol. The van der Waals surface area contributed by atoms with Gasteiger partial charge in [-0.3, -0.25) is 9.20 Å². The van der Waals surface area contributed by atoms with Crippen LogP contribution in [0.3, 0.4) is 0 Å². The van der Waals surface area contributed by atoms with Gasteiger partial charge in [0.1, 0.15) is 11.5 Å². The lowest BCUT2D eigenvalue weighted by Gasteiger charge is -2.03. The molecule has 2 aromatic carbocycles. The van der Waals surface area contributed by atoms with Crippen molar-refractivity contribution in [2.24, 2.45) is 0 Å². The van der Waals surface area contributed by atoms with Gasteiger partial charge in [0.15, 0.2) is 0 Å². The molecule has 4 nitrogen and oxygen atoms in total. The molecule has 3 heterocycles. The number of benzene rings is 2. The summed E-state index contributed by atoms with van der Waals surface area (Å²) >= 11 is 0. The molecule has 0 radical (unpaired) electrons. The number of anilines is 1. The number of amides is 1. The number of imidazole rings is 1. The number of fused-ring (bicyclic) bond motifs is 2. The summed E-state index contributed by atoms with van der Waals surface area (Å²) in [5, 5.41) is 2.79. The Kier molecular flexibility index (Phi) is 3.40. The zero-order chi connectivity index (χ0) is 18.4. The predicted octanol–water partition coefficient (Wildman–Crippen LogP) is 4.63. The SMILES string of the molecule is O=C1Nc2ccc(F)cc2/C1=C\c1c(-c2ccccc2)nc2ccccn12. The number of pyridine rings is 1. The molecule has 1 amide bonds. The van der Waals surface area contributed by atoms with Crippen LogP contribution in [-0.2, 0) is 4.79 Å². The summed E-state index contributed by atoms with van der Waals surface area (Å²) in [7, 11) is 0. The van der Waals surface area contributed by atoms with Crippen molar-refractivity contribution < 1.29 is 9.18 Å². The highest BCUT2D eigenvalue weighted by Gasteiger charge is 2.26. The van der Waals surface area contributed by atoms with E-state index in [1.54, 1.807) is 12.1 Å². The van der Waals surface area contributed by atoms with Gasteiger partial charge in [0.25, 0.3) is 5.91 Å². The second-order valence-corrected chi connectivity index (χ2v) is 6.34. The van der Waals surface area contributed by atoms with E-state index < -0.39 is 0 Å². The summed E-state index contributed by atoms with van der Waals surface area (Å²) in [6.07, 6.45) is 3.68. The quantitative estimate of drug-likeness (QED) is 0.533. The normalized spacial score (nSPS) is 14.6. The van der Waals surface area contributed by atoms with Crippen molar-refractivity contribution in [3.05, 3.63) is 90.0 Å². The van der Waals surface area contributed by atoms with Crippen molar-refractivity contribution >= 4 is 28.9 Å². The number of carbonyl (C=O) groups excluding carboxylic acids is 1. The van der Waals surface area contributed by atoms with Gasteiger partial charge in [-0.25, -0.2) is 9.37 Å². The van der Waals surface area contributed by atoms with Crippen molar-refractivity contribution in [1.82, 2.24) is 9.38 Å². The molecule has 1 N–H and O–H groups in total. The van der Waals surface area contributed by atoms with Crippen LogP contribution in [0.2, 0.25) is 0 Å². The van der Waals surface area contributed by atoms with Crippen molar-refractivity contribution in [2.45, 2.75) is 0 Å². The molecule has 0 atom stereocenters. The summed E-state index contributed by atoms with van der Waals surface area (Å²) in [6, 6.07) is 19.8. The number of rotatable bonds is 2. The first-order valence-corrected chi connectivity index (χ1v) is 8.56. The predicted molar refractivity (Wildman–Crippen MR) is 104 cm³/mol. The van der Waals surface area contributed by atoms with E-state index >= 15 is 0 Å². The molecule has 5 rings (SSSR count). The first kappa shape index (κ1) is 15.5. The highest BCUT2D eigenvalue weighted by molar-refractivity contribution is 6.35. The first-order valence-electron chi connectivity index (χ1n) is 8.56. The lowest BCUT2D eigenvalue weighted by Crippen LogP contribution is -2.04. The zero-order valence-corrected chi connectivity index (χ0v) is 14.2. The number of nitrogens with one attached hydrogen (secondary N) is 1. The van der Waals surface area contributed by atoms with Crippen LogP contribution < -0.4 is 5.32 Å². The van der Waals surface area contributed by atoms with Gasteiger partial charge in [0.2, 0.25) is 0 Å². The van der Waals surface area contributed by atoms with E-state index in [0.717, 1.165) is 22.6 Å². The maximum absolute atomic E-state index is 13.8. The maximum Gasteiger partial charge on any atom is 0.256 e. The molecule has 0 saturated carbocycles. The number of hydrogen-bond acceptors (Lipinski definition) is 2. The van der Waals surface area contributed by atoms with Crippen molar-refractivity contribution in [3.8, 4) is 11.3 Å². The Morgan fingerprint density at radius 1 is 1.00 bits per heavy atom. The third-order valence-corrected chi connectivity index (χ3v) is 4.66. The second kappa shape index (κ2) is 5.92. The van der Waals surface area contributed by atoms with Gasteiger partial charge in [-0.2, -0.15) is 0 Å². The first-order chi connectivity index (χ1) is 13.2. The lowest BCUT2D eigenvalue weighted by molar-refractivity contribution is -0.110. The van der Waals surface area contributed by atoms with Gasteiger partial charge in [-0.1, -0.05) is 36.4 Å². The van der Waals surface area contributed by atoms with E-state index in [4.69, 9.17) is 4.98 Å². The van der Waals surface area contributed by atoms with Crippen LogP contribution in [0, 0.1) is 5.82 Å². The Morgan fingerprint density at radius 3 is 2.67 bits per heavy atom. The number of aromatic nitrogens is 2. The fraction of sp³-hybridized carbons (Fsp3) is 0. The molecule has 2 aromatic heterocycles. The van der Waals surface area contributed by atoms with Crippen molar-refractivity contribution in [2.75, 3.05) is 5.32 Å². The summed E-state index contributed by atoms with van der Waals surface area (Å²) in [4.78, 5) is 17.3. The van der Waals surface area contributed by atoms with Crippen LogP contribution in [0.4, 0.5) is 10.1 Å². The van der Waals surface area contributed by atoms with E-state index in [0.29, 0.717) is 16.8 Å². The number of hydrogen-bond donors (Lipinski definition) is 1. The third kappa shape index (κ3) is 2.52. The monoisotopic (exact) mass is 355 g/mol. The minimum absolute atomic E-state index is 0.250. The molecule has 130 valence electrons. The molecule has 0 bridgehead atoms. The van der Waals surface area contributed by atoms with Gasteiger partial charge in [0.05, 0.1) is 17.0 Å². The van der Waals surface area contributed by atoms with Crippen molar-refractivity contribution in [3.63, 3.8) is 0 Å². The highest BCUT2D eigenvalue weighted by atomic mass is 19.1. The van der Waals surface area contributed by atoms with Gasteiger partial charge >= 0.3 is 0 Å². The average Bonchev–Trinajstić information content (AvgIpc) is 3.21. The fourth-order valence-electron chi connectivity index (χ4n) is 3.40. The summed E-state index contributed by atoms with van der Waals surface area (Å²) in [5.74, 6) is -0.627. The van der Waals surface area contributed by atoms with Gasteiger partial charge in [-0.05, 0) is 36.4 Å². The largest absolute Gasteiger partial charge is 0.321 e. The van der Waals surface area contributed by atoms with Gasteiger partial charge in [0, 0.05) is 23.0 Å². The minimum atomic E-state index is -0.377. The van der Waals surface area contributed by atoms with Crippen LogP contribution in [0.5, 0.6) is 0 Å². The Bertz CT molecular complexity index is 1230. The summed E-state index contributed by atoms with van der Waals surface area (Å²) in [6.45, 7) is 0. The molecule has 0 spiro atoms. The number of halogens is 1. The van der Waals surface area contributed by atoms with Gasteiger partial charge in [-0.15, -0.1) is 0 Å². The molecule has 1 aliphatic heterocycles. The Morgan fingerprint density at radius 2 is 1.81 bits per heavy atom. The van der Waals surface area contributed by atoms with Crippen LogP contribution >= 0.6 is 0 Å². The molecule has 0 aliphatic carbocycles. The topological polar surface area (TPSA) is 46.4 Å². The Hall–Kier alpha value is -3.73. The molecule has 0 fully saturated rings. The Balaban J connectivity index is 1.78.